The summed E-state index contributed by atoms with van der Waals surface area (Å²) in [7, 11) is 0. The van der Waals surface area contributed by atoms with Crippen LogP contribution in [-0.4, -0.2) is 21.9 Å². The average Bonchev–Trinajstić information content (AvgIpc) is 2.94. The third kappa shape index (κ3) is 2.33. The lowest BCUT2D eigenvalue weighted by atomic mass is 9.99. The minimum absolute atomic E-state index is 0.0109. The first-order valence-corrected chi connectivity index (χ1v) is 7.22. The monoisotopic (exact) mass is 269 g/mol. The molecule has 1 aromatic heterocycles. The van der Waals surface area contributed by atoms with Crippen LogP contribution in [0.15, 0.2) is 30.6 Å². The van der Waals surface area contributed by atoms with Crippen molar-refractivity contribution < 1.29 is 4.79 Å². The van der Waals surface area contributed by atoms with E-state index in [1.807, 2.05) is 29.0 Å². The number of ketones is 1. The molecule has 0 unspecified atom stereocenters. The number of aryl methyl sites for hydroxylation is 2. The minimum atomic E-state index is 0.0109. The Morgan fingerprint density at radius 1 is 1.45 bits per heavy atom. The van der Waals surface area contributed by atoms with Gasteiger partial charge in [0, 0.05) is 36.7 Å². The van der Waals surface area contributed by atoms with Gasteiger partial charge in [-0.15, -0.1) is 0 Å². The highest BCUT2D eigenvalue weighted by molar-refractivity contribution is 6.07. The van der Waals surface area contributed by atoms with Crippen LogP contribution in [0.4, 0.5) is 5.69 Å². The van der Waals surface area contributed by atoms with Gasteiger partial charge < -0.3 is 9.88 Å². The third-order valence-corrected chi connectivity index (χ3v) is 3.69. The van der Waals surface area contributed by atoms with Crippen molar-refractivity contribution in [3.63, 3.8) is 0 Å². The molecule has 0 amide bonds. The van der Waals surface area contributed by atoms with Crippen LogP contribution in [0.25, 0.3) is 0 Å². The number of aromatic nitrogens is 2. The van der Waals surface area contributed by atoms with Crippen LogP contribution in [0.1, 0.15) is 41.5 Å². The van der Waals surface area contributed by atoms with Gasteiger partial charge in [-0.3, -0.25) is 4.79 Å². The number of carbonyl (C=O) groups is 1. The molecule has 4 heteroatoms. The molecule has 2 heterocycles. The van der Waals surface area contributed by atoms with Crippen molar-refractivity contribution in [2.45, 2.75) is 32.7 Å². The zero-order valence-corrected chi connectivity index (χ0v) is 11.7. The summed E-state index contributed by atoms with van der Waals surface area (Å²) in [5, 5.41) is 3.36. The van der Waals surface area contributed by atoms with Gasteiger partial charge in [-0.25, -0.2) is 4.98 Å². The number of nitrogens with one attached hydrogen (secondary N) is 1. The number of carbonyl (C=O) groups excluding carboxylic acids is 1. The number of anilines is 1. The standard InChI is InChI=1S/C16H19N3O/c1-2-9-19-10-8-18-16(19)15(20)13-5-6-14-12(11-13)4-3-7-17-14/h5-6,8,10-11,17H,2-4,7,9H2,1H3. The molecule has 0 fully saturated rings. The first-order chi connectivity index (χ1) is 9.79. The summed E-state index contributed by atoms with van der Waals surface area (Å²) >= 11 is 0. The summed E-state index contributed by atoms with van der Waals surface area (Å²) in [5.74, 6) is 0.549. The lowest BCUT2D eigenvalue weighted by Gasteiger charge is -2.18. The Morgan fingerprint density at radius 3 is 3.20 bits per heavy atom. The molecule has 0 spiro atoms. The Bertz CT molecular complexity index is 630. The number of hydrogen-bond acceptors (Lipinski definition) is 3. The van der Waals surface area contributed by atoms with Crippen LogP contribution in [-0.2, 0) is 13.0 Å². The normalized spacial score (nSPS) is 13.7. The van der Waals surface area contributed by atoms with E-state index in [0.717, 1.165) is 43.6 Å². The molecule has 1 aliphatic heterocycles. The van der Waals surface area contributed by atoms with Crippen molar-refractivity contribution in [2.24, 2.45) is 0 Å². The van der Waals surface area contributed by atoms with E-state index in [4.69, 9.17) is 0 Å². The van der Waals surface area contributed by atoms with Crippen molar-refractivity contribution in [1.29, 1.82) is 0 Å². The molecular formula is C16H19N3O. The van der Waals surface area contributed by atoms with Crippen LogP contribution in [0.3, 0.4) is 0 Å². The van der Waals surface area contributed by atoms with E-state index in [2.05, 4.69) is 17.2 Å². The van der Waals surface area contributed by atoms with E-state index >= 15 is 0 Å². The molecule has 3 rings (SSSR count). The summed E-state index contributed by atoms with van der Waals surface area (Å²) in [6.07, 6.45) is 6.71. The van der Waals surface area contributed by atoms with Crippen molar-refractivity contribution in [3.05, 3.63) is 47.5 Å². The fourth-order valence-corrected chi connectivity index (χ4v) is 2.68. The molecule has 20 heavy (non-hydrogen) atoms. The molecular weight excluding hydrogens is 250 g/mol. The van der Waals surface area contributed by atoms with E-state index in [-0.39, 0.29) is 5.78 Å². The summed E-state index contributed by atoms with van der Waals surface area (Å²) in [6, 6.07) is 5.91. The quantitative estimate of drug-likeness (QED) is 0.868. The van der Waals surface area contributed by atoms with Crippen LogP contribution in [0.2, 0.25) is 0 Å². The first kappa shape index (κ1) is 12.9. The lowest BCUT2D eigenvalue weighted by Crippen LogP contribution is -2.14. The van der Waals surface area contributed by atoms with Gasteiger partial charge in [0.1, 0.15) is 0 Å². The van der Waals surface area contributed by atoms with E-state index in [0.29, 0.717) is 5.82 Å². The predicted octanol–water partition coefficient (Wildman–Crippen LogP) is 2.88. The molecule has 0 saturated heterocycles. The molecule has 0 atom stereocenters. The largest absolute Gasteiger partial charge is 0.385 e. The maximum Gasteiger partial charge on any atom is 0.228 e. The van der Waals surface area contributed by atoms with Gasteiger partial charge in [-0.2, -0.15) is 0 Å². The van der Waals surface area contributed by atoms with Crippen molar-refractivity contribution in [2.75, 3.05) is 11.9 Å². The Kier molecular flexibility index (Phi) is 3.54. The first-order valence-electron chi connectivity index (χ1n) is 7.22. The van der Waals surface area contributed by atoms with Crippen molar-refractivity contribution in [3.8, 4) is 0 Å². The Morgan fingerprint density at radius 2 is 2.35 bits per heavy atom. The molecule has 1 aromatic carbocycles. The van der Waals surface area contributed by atoms with Gasteiger partial charge in [0.05, 0.1) is 0 Å². The van der Waals surface area contributed by atoms with Crippen molar-refractivity contribution in [1.82, 2.24) is 9.55 Å². The smallest absolute Gasteiger partial charge is 0.228 e. The van der Waals surface area contributed by atoms with Crippen molar-refractivity contribution >= 4 is 11.5 Å². The Hall–Kier alpha value is -2.10. The minimum Gasteiger partial charge on any atom is -0.385 e. The number of rotatable bonds is 4. The molecule has 0 saturated carbocycles. The summed E-state index contributed by atoms with van der Waals surface area (Å²) in [6.45, 7) is 3.94. The zero-order chi connectivity index (χ0) is 13.9. The fourth-order valence-electron chi connectivity index (χ4n) is 2.68. The highest BCUT2D eigenvalue weighted by atomic mass is 16.1. The molecule has 104 valence electrons. The highest BCUT2D eigenvalue weighted by Crippen LogP contribution is 2.24. The summed E-state index contributed by atoms with van der Waals surface area (Å²) in [4.78, 5) is 16.8. The van der Waals surface area contributed by atoms with Crippen LogP contribution >= 0.6 is 0 Å². The number of imidazole rings is 1. The summed E-state index contributed by atoms with van der Waals surface area (Å²) < 4.78 is 1.93. The van der Waals surface area contributed by atoms with Crippen LogP contribution in [0, 0.1) is 0 Å². The Labute approximate surface area is 118 Å². The number of nitrogens with zero attached hydrogens (tertiary/aromatic N) is 2. The average molecular weight is 269 g/mol. The topological polar surface area (TPSA) is 46.9 Å². The predicted molar refractivity (Wildman–Crippen MR) is 79.2 cm³/mol. The van der Waals surface area contributed by atoms with E-state index in [1.54, 1.807) is 6.20 Å². The van der Waals surface area contributed by atoms with Crippen LogP contribution in [0.5, 0.6) is 0 Å². The zero-order valence-electron chi connectivity index (χ0n) is 11.7. The molecule has 0 aliphatic carbocycles. The van der Waals surface area contributed by atoms with E-state index in [1.165, 1.54) is 5.56 Å². The number of hydrogen-bond donors (Lipinski definition) is 1. The van der Waals surface area contributed by atoms with Gasteiger partial charge in [0.15, 0.2) is 5.82 Å². The van der Waals surface area contributed by atoms with Gasteiger partial charge in [0.25, 0.3) is 0 Å². The Balaban J connectivity index is 1.92. The van der Waals surface area contributed by atoms with Gasteiger partial charge in [-0.1, -0.05) is 6.92 Å². The van der Waals surface area contributed by atoms with E-state index < -0.39 is 0 Å². The molecule has 4 nitrogen and oxygen atoms in total. The van der Waals surface area contributed by atoms with Crippen LogP contribution < -0.4 is 5.32 Å². The molecule has 0 bridgehead atoms. The SMILES string of the molecule is CCCn1ccnc1C(=O)c1ccc2c(c1)CCCN2. The number of benzene rings is 1. The van der Waals surface area contributed by atoms with Gasteiger partial charge in [0.2, 0.25) is 5.78 Å². The second-order valence-electron chi connectivity index (χ2n) is 5.18. The molecule has 1 N–H and O–H groups in total. The van der Waals surface area contributed by atoms with Gasteiger partial charge in [-0.05, 0) is 43.0 Å². The molecule has 2 aromatic rings. The van der Waals surface area contributed by atoms with E-state index in [9.17, 15) is 4.79 Å². The second-order valence-corrected chi connectivity index (χ2v) is 5.18. The molecule has 1 aliphatic rings. The maximum absolute atomic E-state index is 12.6. The number of fused-ring (bicyclic) bond motifs is 1. The third-order valence-electron chi connectivity index (χ3n) is 3.69. The van der Waals surface area contributed by atoms with Gasteiger partial charge >= 0.3 is 0 Å². The summed E-state index contributed by atoms with van der Waals surface area (Å²) in [5.41, 5.74) is 3.12. The second kappa shape index (κ2) is 5.49. The molecule has 0 radical (unpaired) electrons. The lowest BCUT2D eigenvalue weighted by molar-refractivity contribution is 0.102. The fraction of sp³-hybridized carbons (Fsp3) is 0.375. The maximum atomic E-state index is 12.6. The highest BCUT2D eigenvalue weighted by Gasteiger charge is 2.17.